The van der Waals surface area contributed by atoms with Gasteiger partial charge >= 0.3 is 0 Å². The van der Waals surface area contributed by atoms with Crippen molar-refractivity contribution in [1.82, 2.24) is 14.5 Å². The predicted molar refractivity (Wildman–Crippen MR) is 116 cm³/mol. The maximum absolute atomic E-state index is 13.7. The number of imidazole rings is 1. The van der Waals surface area contributed by atoms with Crippen LogP contribution in [0.3, 0.4) is 0 Å². The molecule has 2 aromatic carbocycles. The molecule has 0 aliphatic heterocycles. The molecule has 2 aliphatic carbocycles. The number of para-hydroxylation sites is 1. The minimum atomic E-state index is -0.875. The second-order valence-electron chi connectivity index (χ2n) is 8.70. The van der Waals surface area contributed by atoms with Crippen LogP contribution in [-0.4, -0.2) is 20.4 Å². The normalized spacial score (nSPS) is 25.6. The number of rotatable bonds is 4. The first kappa shape index (κ1) is 18.9. The minimum Gasteiger partial charge on any atom is -0.327 e. The number of fused-ring (bicyclic) bond motifs is 3. The van der Waals surface area contributed by atoms with Crippen LogP contribution in [0.2, 0.25) is 0 Å². The number of anilines is 1. The van der Waals surface area contributed by atoms with Crippen molar-refractivity contribution in [2.24, 2.45) is 23.7 Å². The lowest BCUT2D eigenvalue weighted by Gasteiger charge is -2.19. The van der Waals surface area contributed by atoms with Gasteiger partial charge in [-0.2, -0.15) is 0 Å². The zero-order chi connectivity index (χ0) is 21.3. The first-order valence-electron chi connectivity index (χ1n) is 10.5. The SMILES string of the molecule is CC(C(=O)Nc1nc2ccccc2s1)C1[C@H]2CC(n3cnc4cc(F)c(F)cc43)C[C@@H]12. The maximum Gasteiger partial charge on any atom is 0.229 e. The van der Waals surface area contributed by atoms with Gasteiger partial charge in [-0.05, 0) is 42.7 Å². The van der Waals surface area contributed by atoms with Gasteiger partial charge in [0.15, 0.2) is 16.8 Å². The average Bonchev–Trinajstić information content (AvgIpc) is 3.14. The molecule has 31 heavy (non-hydrogen) atoms. The van der Waals surface area contributed by atoms with Crippen molar-refractivity contribution in [3.8, 4) is 0 Å². The Hall–Kier alpha value is -2.87. The molecule has 0 spiro atoms. The highest BCUT2D eigenvalue weighted by atomic mass is 32.1. The number of amides is 1. The fourth-order valence-corrected chi connectivity index (χ4v) is 6.33. The maximum atomic E-state index is 13.7. The molecule has 2 saturated carbocycles. The third-order valence-corrected chi connectivity index (χ3v) is 7.96. The number of thiazole rings is 1. The highest BCUT2D eigenvalue weighted by molar-refractivity contribution is 7.22. The summed E-state index contributed by atoms with van der Waals surface area (Å²) in [5, 5.41) is 3.63. The molecular formula is C23H20F2N4OS. The molecule has 1 N–H and O–H groups in total. The second kappa shape index (κ2) is 6.82. The molecule has 2 heterocycles. The molecule has 8 heteroatoms. The smallest absolute Gasteiger partial charge is 0.229 e. The van der Waals surface area contributed by atoms with Crippen LogP contribution in [0.5, 0.6) is 0 Å². The van der Waals surface area contributed by atoms with E-state index in [-0.39, 0.29) is 17.9 Å². The van der Waals surface area contributed by atoms with E-state index in [2.05, 4.69) is 15.3 Å². The van der Waals surface area contributed by atoms with Gasteiger partial charge in [-0.25, -0.2) is 18.7 Å². The molecule has 0 radical (unpaired) electrons. The van der Waals surface area contributed by atoms with Gasteiger partial charge in [0.25, 0.3) is 0 Å². The molecule has 6 rings (SSSR count). The van der Waals surface area contributed by atoms with Gasteiger partial charge in [-0.1, -0.05) is 30.4 Å². The summed E-state index contributed by atoms with van der Waals surface area (Å²) in [6, 6.07) is 10.4. The molecule has 1 amide bonds. The first-order valence-corrected chi connectivity index (χ1v) is 11.3. The molecule has 4 aromatic rings. The van der Waals surface area contributed by atoms with Gasteiger partial charge in [0, 0.05) is 24.1 Å². The van der Waals surface area contributed by atoms with E-state index in [1.165, 1.54) is 17.4 Å². The summed E-state index contributed by atoms with van der Waals surface area (Å²) in [7, 11) is 0. The number of halogens is 2. The largest absolute Gasteiger partial charge is 0.327 e. The lowest BCUT2D eigenvalue weighted by molar-refractivity contribution is -0.120. The molecule has 5 atom stereocenters. The fraction of sp³-hybridized carbons (Fsp3) is 0.348. The summed E-state index contributed by atoms with van der Waals surface area (Å²) in [6.45, 7) is 1.99. The summed E-state index contributed by atoms with van der Waals surface area (Å²) in [6.07, 6.45) is 3.54. The summed E-state index contributed by atoms with van der Waals surface area (Å²) >= 11 is 1.49. The Bertz CT molecular complexity index is 1290. The van der Waals surface area contributed by atoms with Crippen LogP contribution in [0.25, 0.3) is 21.3 Å². The summed E-state index contributed by atoms with van der Waals surface area (Å²) in [4.78, 5) is 21.6. The number of aromatic nitrogens is 3. The molecule has 0 saturated heterocycles. The Balaban J connectivity index is 1.13. The third kappa shape index (κ3) is 3.04. The molecule has 2 fully saturated rings. The van der Waals surface area contributed by atoms with Crippen LogP contribution in [0, 0.1) is 35.3 Å². The summed E-state index contributed by atoms with van der Waals surface area (Å²) in [5.74, 6) is -0.493. The van der Waals surface area contributed by atoms with Gasteiger partial charge in [-0.3, -0.25) is 4.79 Å². The molecule has 2 aromatic heterocycles. The minimum absolute atomic E-state index is 0.0145. The molecule has 2 aliphatic rings. The lowest BCUT2D eigenvalue weighted by Crippen LogP contribution is -2.24. The zero-order valence-electron chi connectivity index (χ0n) is 16.8. The quantitative estimate of drug-likeness (QED) is 0.464. The van der Waals surface area contributed by atoms with Crippen molar-refractivity contribution in [1.29, 1.82) is 0 Å². The van der Waals surface area contributed by atoms with E-state index in [0.717, 1.165) is 29.1 Å². The Morgan fingerprint density at radius 2 is 1.90 bits per heavy atom. The Morgan fingerprint density at radius 3 is 2.68 bits per heavy atom. The van der Waals surface area contributed by atoms with Crippen LogP contribution < -0.4 is 5.32 Å². The Morgan fingerprint density at radius 1 is 1.16 bits per heavy atom. The van der Waals surface area contributed by atoms with Crippen molar-refractivity contribution in [2.45, 2.75) is 25.8 Å². The molecule has 5 nitrogen and oxygen atoms in total. The fourth-order valence-electron chi connectivity index (χ4n) is 5.47. The number of hydrogen-bond donors (Lipinski definition) is 1. The van der Waals surface area contributed by atoms with Crippen molar-refractivity contribution in [3.05, 3.63) is 54.4 Å². The predicted octanol–water partition coefficient (Wildman–Crippen LogP) is 5.40. The van der Waals surface area contributed by atoms with Crippen LogP contribution in [0.15, 0.2) is 42.7 Å². The third-order valence-electron chi connectivity index (χ3n) is 7.01. The number of nitrogens with one attached hydrogen (secondary N) is 1. The number of hydrogen-bond acceptors (Lipinski definition) is 4. The van der Waals surface area contributed by atoms with Gasteiger partial charge in [0.05, 0.1) is 27.6 Å². The van der Waals surface area contributed by atoms with Crippen molar-refractivity contribution in [2.75, 3.05) is 5.32 Å². The van der Waals surface area contributed by atoms with E-state index in [9.17, 15) is 13.6 Å². The van der Waals surface area contributed by atoms with E-state index in [1.54, 1.807) is 6.33 Å². The van der Waals surface area contributed by atoms with Crippen molar-refractivity contribution >= 4 is 43.6 Å². The lowest BCUT2D eigenvalue weighted by atomic mass is 9.96. The summed E-state index contributed by atoms with van der Waals surface area (Å²) < 4.78 is 30.2. The van der Waals surface area contributed by atoms with Crippen LogP contribution in [0.1, 0.15) is 25.8 Å². The van der Waals surface area contributed by atoms with Crippen LogP contribution in [-0.2, 0) is 4.79 Å². The highest BCUT2D eigenvalue weighted by Gasteiger charge is 2.59. The van der Waals surface area contributed by atoms with E-state index >= 15 is 0 Å². The summed E-state index contributed by atoms with van der Waals surface area (Å²) in [5.41, 5.74) is 1.99. The van der Waals surface area contributed by atoms with Gasteiger partial charge in [-0.15, -0.1) is 0 Å². The van der Waals surface area contributed by atoms with Crippen molar-refractivity contribution < 1.29 is 13.6 Å². The van der Waals surface area contributed by atoms with E-state index in [4.69, 9.17) is 0 Å². The molecule has 0 bridgehead atoms. The molecular weight excluding hydrogens is 418 g/mol. The second-order valence-corrected chi connectivity index (χ2v) is 9.73. The van der Waals surface area contributed by atoms with Gasteiger partial charge in [0.1, 0.15) is 0 Å². The first-order chi connectivity index (χ1) is 15.0. The molecule has 3 unspecified atom stereocenters. The van der Waals surface area contributed by atoms with Crippen LogP contribution in [0.4, 0.5) is 13.9 Å². The van der Waals surface area contributed by atoms with E-state index in [1.807, 2.05) is 35.8 Å². The van der Waals surface area contributed by atoms with Crippen LogP contribution >= 0.6 is 11.3 Å². The van der Waals surface area contributed by atoms with Crippen molar-refractivity contribution in [3.63, 3.8) is 0 Å². The number of benzene rings is 2. The standard InChI is InChI=1S/C23H20F2N4OS/c1-11(22(30)28-23-27-17-4-2-3-5-20(17)31-23)21-13-6-12(7-14(13)21)29-10-26-18-8-15(24)16(25)9-19(18)29/h2-5,8-14,21H,6-7H2,1H3,(H,27,28,30)/t11?,12?,13-,14+,21?. The van der Waals surface area contributed by atoms with E-state index < -0.39 is 11.6 Å². The van der Waals surface area contributed by atoms with E-state index in [0.29, 0.717) is 33.9 Å². The van der Waals surface area contributed by atoms with Gasteiger partial charge < -0.3 is 9.88 Å². The number of carbonyl (C=O) groups excluding carboxylic acids is 1. The number of carbonyl (C=O) groups is 1. The average molecular weight is 439 g/mol. The molecule has 158 valence electrons. The van der Waals surface area contributed by atoms with Gasteiger partial charge in [0.2, 0.25) is 5.91 Å². The monoisotopic (exact) mass is 438 g/mol. The Labute approximate surface area is 181 Å². The number of nitrogens with zero attached hydrogens (tertiary/aromatic N) is 3. The topological polar surface area (TPSA) is 59.8 Å². The Kier molecular flexibility index (Phi) is 4.15. The zero-order valence-corrected chi connectivity index (χ0v) is 17.6. The highest BCUT2D eigenvalue weighted by Crippen LogP contribution is 2.64.